The fourth-order valence-corrected chi connectivity index (χ4v) is 4.85. The smallest absolute Gasteiger partial charge is 0.195 e. The van der Waals surface area contributed by atoms with E-state index in [1.165, 1.54) is 0 Å². The third-order valence-electron chi connectivity index (χ3n) is 5.93. The highest BCUT2D eigenvalue weighted by Crippen LogP contribution is 2.46. The molecule has 0 aliphatic carbocycles. The molecule has 4 rings (SSSR count). The van der Waals surface area contributed by atoms with E-state index in [-0.39, 0.29) is 18.1 Å². The maximum Gasteiger partial charge on any atom is 0.195 e. The second-order valence-corrected chi connectivity index (χ2v) is 8.56. The van der Waals surface area contributed by atoms with Gasteiger partial charge in [-0.1, -0.05) is 48.3 Å². The fourth-order valence-electron chi connectivity index (χ4n) is 4.33. The summed E-state index contributed by atoms with van der Waals surface area (Å²) in [5.41, 5.74) is 2.76. The highest BCUT2D eigenvalue weighted by molar-refractivity contribution is 6.36. The summed E-state index contributed by atoms with van der Waals surface area (Å²) >= 11 is 12.5. The highest BCUT2D eigenvalue weighted by atomic mass is 35.5. The zero-order valence-electron chi connectivity index (χ0n) is 17.0. The fraction of sp³-hybridized carbons (Fsp3) is 0.375. The first-order valence-electron chi connectivity index (χ1n) is 10.2. The van der Waals surface area contributed by atoms with Crippen molar-refractivity contribution in [1.29, 1.82) is 0 Å². The van der Waals surface area contributed by atoms with Gasteiger partial charge in [0.2, 0.25) is 0 Å². The number of carbonyl (C=O) groups is 1. The molecule has 2 aromatic rings. The van der Waals surface area contributed by atoms with Gasteiger partial charge in [-0.15, -0.1) is 0 Å². The van der Waals surface area contributed by atoms with Crippen LogP contribution in [0, 0.1) is 0 Å². The lowest BCUT2D eigenvalue weighted by molar-refractivity contribution is -0.138. The molecule has 2 aromatic carbocycles. The summed E-state index contributed by atoms with van der Waals surface area (Å²) < 4.78 is 11.6. The molecule has 2 atom stereocenters. The molecule has 6 heteroatoms. The summed E-state index contributed by atoms with van der Waals surface area (Å²) in [6, 6.07) is 11.2. The number of carbonyl (C=O) groups excluding carboxylic acids is 1. The quantitative estimate of drug-likeness (QED) is 0.588. The number of aryl methyl sites for hydroxylation is 1. The van der Waals surface area contributed by atoms with E-state index >= 15 is 0 Å². The van der Waals surface area contributed by atoms with Gasteiger partial charge in [0.1, 0.15) is 17.5 Å². The molecule has 2 bridgehead atoms. The number of benzene rings is 2. The molecule has 30 heavy (non-hydrogen) atoms. The topological polar surface area (TPSA) is 55.8 Å². The second kappa shape index (κ2) is 8.35. The Kier molecular flexibility index (Phi) is 5.95. The van der Waals surface area contributed by atoms with Gasteiger partial charge in [0, 0.05) is 22.2 Å². The maximum absolute atomic E-state index is 13.2. The van der Waals surface area contributed by atoms with E-state index < -0.39 is 11.7 Å². The molecule has 0 radical (unpaired) electrons. The van der Waals surface area contributed by atoms with E-state index in [2.05, 4.69) is 0 Å². The number of rotatable bonds is 6. The predicted octanol–water partition coefficient (Wildman–Crippen LogP) is 6.03. The summed E-state index contributed by atoms with van der Waals surface area (Å²) in [6.07, 6.45) is 1.30. The van der Waals surface area contributed by atoms with E-state index in [1.54, 1.807) is 12.1 Å². The first kappa shape index (κ1) is 21.4. The number of ketones is 1. The Morgan fingerprint density at radius 1 is 1.17 bits per heavy atom. The van der Waals surface area contributed by atoms with Crippen molar-refractivity contribution in [2.45, 2.75) is 44.8 Å². The first-order valence-corrected chi connectivity index (χ1v) is 11.0. The van der Waals surface area contributed by atoms with Crippen molar-refractivity contribution in [2.24, 2.45) is 0 Å². The van der Waals surface area contributed by atoms with E-state index in [9.17, 15) is 9.90 Å². The lowest BCUT2D eigenvalue weighted by Crippen LogP contribution is -2.43. The predicted molar refractivity (Wildman–Crippen MR) is 119 cm³/mol. The molecule has 2 aliphatic heterocycles. The van der Waals surface area contributed by atoms with Crippen molar-refractivity contribution in [3.05, 3.63) is 63.3 Å². The SMILES string of the molecule is CCOC[C@]12CC[C@H](O1)C(=O)C(c1cc(-c3ccc(Cl)cc3Cl)ccc1CC)=C2O. The molecule has 4 nitrogen and oxygen atoms in total. The third kappa shape index (κ3) is 3.56. The molecule has 0 spiro atoms. The molecule has 2 aliphatic rings. The molecule has 0 amide bonds. The van der Waals surface area contributed by atoms with Crippen molar-refractivity contribution < 1.29 is 19.4 Å². The summed E-state index contributed by atoms with van der Waals surface area (Å²) in [6.45, 7) is 4.66. The van der Waals surface area contributed by atoms with Crippen LogP contribution in [-0.2, 0) is 20.7 Å². The Hall–Kier alpha value is -1.85. The van der Waals surface area contributed by atoms with Gasteiger partial charge in [-0.05, 0) is 61.1 Å². The van der Waals surface area contributed by atoms with Gasteiger partial charge in [0.15, 0.2) is 5.78 Å². The Bertz CT molecular complexity index is 1030. The minimum Gasteiger partial charge on any atom is -0.508 e. The Morgan fingerprint density at radius 2 is 1.97 bits per heavy atom. The number of aliphatic hydroxyl groups excluding tert-OH is 1. The van der Waals surface area contributed by atoms with Crippen molar-refractivity contribution in [1.82, 2.24) is 0 Å². The van der Waals surface area contributed by atoms with Crippen LogP contribution < -0.4 is 0 Å². The number of Topliss-reactive ketones (excluding diaryl/α,β-unsaturated/α-hetero) is 1. The molecule has 2 heterocycles. The lowest BCUT2D eigenvalue weighted by Gasteiger charge is -2.34. The largest absolute Gasteiger partial charge is 0.508 e. The highest BCUT2D eigenvalue weighted by Gasteiger charge is 2.53. The molecule has 158 valence electrons. The number of ether oxygens (including phenoxy) is 2. The minimum atomic E-state index is -0.956. The van der Waals surface area contributed by atoms with Crippen LogP contribution in [0.1, 0.15) is 37.8 Å². The van der Waals surface area contributed by atoms with Crippen LogP contribution >= 0.6 is 23.2 Å². The standard InChI is InChI=1S/C24H24Cl2O4/c1-3-14-5-6-15(17-8-7-16(25)12-19(17)26)11-18(14)21-22(27)20-9-10-24(30-20,23(21)28)13-29-4-2/h5-8,11-12,20,28H,3-4,9-10,13H2,1-2H3/t20-,24-/m0/s1. The van der Waals surface area contributed by atoms with Crippen LogP contribution in [0.3, 0.4) is 0 Å². The van der Waals surface area contributed by atoms with E-state index in [0.29, 0.717) is 35.1 Å². The van der Waals surface area contributed by atoms with Crippen molar-refractivity contribution >= 4 is 34.6 Å². The Balaban J connectivity index is 1.88. The van der Waals surface area contributed by atoms with Crippen LogP contribution in [0.25, 0.3) is 16.7 Å². The van der Waals surface area contributed by atoms with Gasteiger partial charge in [-0.2, -0.15) is 0 Å². The summed E-state index contributed by atoms with van der Waals surface area (Å²) in [5, 5.41) is 12.3. The Labute approximate surface area is 186 Å². The molecule has 1 fully saturated rings. The third-order valence-corrected chi connectivity index (χ3v) is 6.47. The molecule has 0 saturated carbocycles. The molecule has 0 aromatic heterocycles. The van der Waals surface area contributed by atoms with Crippen molar-refractivity contribution in [2.75, 3.05) is 13.2 Å². The number of hydrogen-bond donors (Lipinski definition) is 1. The maximum atomic E-state index is 13.2. The minimum absolute atomic E-state index is 0.0243. The zero-order chi connectivity index (χ0) is 21.5. The monoisotopic (exact) mass is 446 g/mol. The normalized spacial score (nSPS) is 23.3. The van der Waals surface area contributed by atoms with Gasteiger partial charge >= 0.3 is 0 Å². The van der Waals surface area contributed by atoms with E-state index in [1.807, 2.05) is 38.1 Å². The van der Waals surface area contributed by atoms with Gasteiger partial charge in [-0.3, -0.25) is 4.79 Å². The Morgan fingerprint density at radius 3 is 2.67 bits per heavy atom. The number of fused-ring (bicyclic) bond motifs is 2. The number of halogens is 2. The van der Waals surface area contributed by atoms with E-state index in [4.69, 9.17) is 32.7 Å². The average molecular weight is 447 g/mol. The van der Waals surface area contributed by atoms with Crippen LogP contribution in [0.2, 0.25) is 10.0 Å². The second-order valence-electron chi connectivity index (χ2n) is 7.71. The molecule has 1 N–H and O–H groups in total. The van der Waals surface area contributed by atoms with Crippen LogP contribution in [0.15, 0.2) is 42.2 Å². The van der Waals surface area contributed by atoms with Crippen LogP contribution in [0.4, 0.5) is 0 Å². The van der Waals surface area contributed by atoms with Gasteiger partial charge in [0.25, 0.3) is 0 Å². The average Bonchev–Trinajstić information content (AvgIpc) is 3.14. The molecular formula is C24H24Cl2O4. The van der Waals surface area contributed by atoms with Crippen LogP contribution in [0.5, 0.6) is 0 Å². The number of hydrogen-bond acceptors (Lipinski definition) is 4. The van der Waals surface area contributed by atoms with Gasteiger partial charge in [0.05, 0.1) is 12.2 Å². The summed E-state index contributed by atoms with van der Waals surface area (Å²) in [7, 11) is 0. The van der Waals surface area contributed by atoms with Gasteiger partial charge < -0.3 is 14.6 Å². The van der Waals surface area contributed by atoms with Gasteiger partial charge in [-0.25, -0.2) is 0 Å². The van der Waals surface area contributed by atoms with Crippen molar-refractivity contribution in [3.8, 4) is 11.1 Å². The molecule has 0 unspecified atom stereocenters. The van der Waals surface area contributed by atoms with E-state index in [0.717, 1.165) is 28.7 Å². The molecule has 1 saturated heterocycles. The lowest BCUT2D eigenvalue weighted by atomic mass is 9.86. The zero-order valence-corrected chi connectivity index (χ0v) is 18.5. The molecular weight excluding hydrogens is 423 g/mol. The summed E-state index contributed by atoms with van der Waals surface area (Å²) in [4.78, 5) is 13.2. The summed E-state index contributed by atoms with van der Waals surface area (Å²) in [5.74, 6) is -0.199. The first-order chi connectivity index (χ1) is 14.4. The van der Waals surface area contributed by atoms with Crippen LogP contribution in [-0.4, -0.2) is 35.8 Å². The van der Waals surface area contributed by atoms with Crippen molar-refractivity contribution in [3.63, 3.8) is 0 Å². The number of aliphatic hydroxyl groups is 1.